The van der Waals surface area contributed by atoms with Crippen molar-refractivity contribution in [1.29, 1.82) is 0 Å². The molecule has 0 aliphatic rings. The van der Waals surface area contributed by atoms with Crippen LogP contribution >= 0.6 is 23.2 Å². The fourth-order valence-electron chi connectivity index (χ4n) is 2.16. The third-order valence-corrected chi connectivity index (χ3v) is 4.30. The minimum Gasteiger partial charge on any atom is -0.455 e. The highest BCUT2D eigenvalue weighted by molar-refractivity contribution is 6.33. The first-order chi connectivity index (χ1) is 12.9. The summed E-state index contributed by atoms with van der Waals surface area (Å²) in [4.78, 5) is 37.1. The van der Waals surface area contributed by atoms with Crippen LogP contribution in [0, 0.1) is 0 Å². The Labute approximate surface area is 167 Å². The number of halogens is 2. The van der Waals surface area contributed by atoms with Gasteiger partial charge in [-0.3, -0.25) is 14.4 Å². The van der Waals surface area contributed by atoms with E-state index in [1.54, 1.807) is 48.5 Å². The highest BCUT2D eigenvalue weighted by Gasteiger charge is 2.16. The topological polar surface area (TPSA) is 75.7 Å². The lowest BCUT2D eigenvalue weighted by molar-refractivity contribution is -0.151. The zero-order chi connectivity index (χ0) is 19.8. The van der Waals surface area contributed by atoms with E-state index in [1.165, 1.54) is 7.05 Å². The SMILES string of the molecule is CN(CC(=O)Nc1ccccc1Cl)C(=O)COC(=O)Cc1ccccc1Cl. The minimum absolute atomic E-state index is 0.0380. The van der Waals surface area contributed by atoms with E-state index in [1.807, 2.05) is 0 Å². The molecular formula is C19H18Cl2N2O4. The van der Waals surface area contributed by atoms with Gasteiger partial charge in [0.15, 0.2) is 6.61 Å². The number of nitrogens with zero attached hydrogens (tertiary/aromatic N) is 1. The summed E-state index contributed by atoms with van der Waals surface area (Å²) in [5.41, 5.74) is 1.07. The third-order valence-electron chi connectivity index (χ3n) is 3.60. The van der Waals surface area contributed by atoms with Crippen molar-refractivity contribution in [3.63, 3.8) is 0 Å². The van der Waals surface area contributed by atoms with E-state index in [-0.39, 0.29) is 13.0 Å². The molecule has 0 heterocycles. The lowest BCUT2D eigenvalue weighted by atomic mass is 10.1. The average Bonchev–Trinajstić information content (AvgIpc) is 2.63. The van der Waals surface area contributed by atoms with Crippen LogP contribution in [0.5, 0.6) is 0 Å². The Balaban J connectivity index is 1.78. The molecule has 0 atom stereocenters. The van der Waals surface area contributed by atoms with Gasteiger partial charge in [0.2, 0.25) is 5.91 Å². The molecule has 2 amide bonds. The molecule has 0 aliphatic carbocycles. The number of rotatable bonds is 7. The van der Waals surface area contributed by atoms with E-state index >= 15 is 0 Å². The Kier molecular flexibility index (Phi) is 7.64. The van der Waals surface area contributed by atoms with Gasteiger partial charge in [0, 0.05) is 12.1 Å². The van der Waals surface area contributed by atoms with Crippen LogP contribution in [0.4, 0.5) is 5.69 Å². The number of hydrogen-bond acceptors (Lipinski definition) is 4. The predicted octanol–water partition coefficient (Wildman–Crippen LogP) is 3.18. The van der Waals surface area contributed by atoms with E-state index in [9.17, 15) is 14.4 Å². The number of ether oxygens (including phenoxy) is 1. The van der Waals surface area contributed by atoms with E-state index in [0.717, 1.165) is 4.90 Å². The number of carbonyl (C=O) groups excluding carboxylic acids is 3. The van der Waals surface area contributed by atoms with Gasteiger partial charge in [-0.2, -0.15) is 0 Å². The molecule has 0 saturated carbocycles. The molecule has 0 saturated heterocycles. The number of amides is 2. The van der Waals surface area contributed by atoms with Crippen LogP contribution in [0.1, 0.15) is 5.56 Å². The van der Waals surface area contributed by atoms with Crippen LogP contribution in [0.2, 0.25) is 10.0 Å². The van der Waals surface area contributed by atoms with Crippen molar-refractivity contribution in [2.45, 2.75) is 6.42 Å². The zero-order valence-electron chi connectivity index (χ0n) is 14.6. The highest BCUT2D eigenvalue weighted by atomic mass is 35.5. The number of hydrogen-bond donors (Lipinski definition) is 1. The summed E-state index contributed by atoms with van der Waals surface area (Å²) < 4.78 is 4.96. The standard InChI is InChI=1S/C19H18Cl2N2O4/c1-23(11-17(24)22-16-9-5-4-8-15(16)21)18(25)12-27-19(26)10-13-6-2-3-7-14(13)20/h2-9H,10-12H2,1H3,(H,22,24). The Bertz CT molecular complexity index is 842. The molecule has 2 aromatic rings. The van der Waals surface area contributed by atoms with E-state index in [4.69, 9.17) is 27.9 Å². The molecule has 0 aromatic heterocycles. The molecule has 2 rings (SSSR count). The lowest BCUT2D eigenvalue weighted by Crippen LogP contribution is -2.37. The van der Waals surface area contributed by atoms with Crippen LogP contribution in [0.15, 0.2) is 48.5 Å². The maximum absolute atomic E-state index is 12.0. The number of para-hydroxylation sites is 1. The fraction of sp³-hybridized carbons (Fsp3) is 0.211. The number of nitrogens with one attached hydrogen (secondary N) is 1. The van der Waals surface area contributed by atoms with Gasteiger partial charge in [0.1, 0.15) is 0 Å². The van der Waals surface area contributed by atoms with Gasteiger partial charge in [-0.25, -0.2) is 0 Å². The van der Waals surface area contributed by atoms with Crippen molar-refractivity contribution in [2.75, 3.05) is 25.5 Å². The summed E-state index contributed by atoms with van der Waals surface area (Å²) >= 11 is 11.9. The molecule has 6 nitrogen and oxygen atoms in total. The third kappa shape index (κ3) is 6.58. The van der Waals surface area contributed by atoms with Gasteiger partial charge in [-0.1, -0.05) is 53.5 Å². The molecule has 0 aliphatic heterocycles. The van der Waals surface area contributed by atoms with Gasteiger partial charge < -0.3 is 15.0 Å². The first kappa shape index (κ1) is 20.7. The number of benzene rings is 2. The van der Waals surface area contributed by atoms with Crippen molar-refractivity contribution in [1.82, 2.24) is 4.90 Å². The quantitative estimate of drug-likeness (QED) is 0.713. The van der Waals surface area contributed by atoms with Crippen LogP contribution in [0.25, 0.3) is 0 Å². The van der Waals surface area contributed by atoms with Gasteiger partial charge in [0.05, 0.1) is 23.7 Å². The minimum atomic E-state index is -0.578. The molecule has 0 radical (unpaired) electrons. The summed E-state index contributed by atoms with van der Waals surface area (Å²) in [7, 11) is 1.44. The van der Waals surface area contributed by atoms with Crippen LogP contribution in [0.3, 0.4) is 0 Å². The summed E-state index contributed by atoms with van der Waals surface area (Å²) in [5, 5.41) is 3.46. The molecule has 0 unspecified atom stereocenters. The van der Waals surface area contributed by atoms with Gasteiger partial charge in [-0.05, 0) is 23.8 Å². The summed E-state index contributed by atoms with van der Waals surface area (Å²) in [5.74, 6) is -1.50. The number of likely N-dealkylation sites (N-methyl/N-ethyl adjacent to an activating group) is 1. The van der Waals surface area contributed by atoms with E-state index < -0.39 is 24.4 Å². The second-order valence-corrected chi connectivity index (χ2v) is 6.52. The average molecular weight is 409 g/mol. The first-order valence-corrected chi connectivity index (χ1v) is 8.80. The second-order valence-electron chi connectivity index (χ2n) is 5.71. The molecule has 1 N–H and O–H groups in total. The van der Waals surface area contributed by atoms with E-state index in [0.29, 0.717) is 21.3 Å². The van der Waals surface area contributed by atoms with Crippen molar-refractivity contribution in [3.05, 3.63) is 64.1 Å². The van der Waals surface area contributed by atoms with Gasteiger partial charge in [0.25, 0.3) is 5.91 Å². The highest BCUT2D eigenvalue weighted by Crippen LogP contribution is 2.20. The monoisotopic (exact) mass is 408 g/mol. The number of carbonyl (C=O) groups is 3. The summed E-state index contributed by atoms with van der Waals surface area (Å²) in [6.07, 6.45) is -0.0380. The Hall–Kier alpha value is -2.57. The smallest absolute Gasteiger partial charge is 0.310 e. The summed E-state index contributed by atoms with van der Waals surface area (Å²) in [6, 6.07) is 13.6. The molecule has 2 aromatic carbocycles. The van der Waals surface area contributed by atoms with Crippen LogP contribution < -0.4 is 5.32 Å². The van der Waals surface area contributed by atoms with Crippen molar-refractivity contribution in [2.24, 2.45) is 0 Å². The molecule has 27 heavy (non-hydrogen) atoms. The molecule has 0 spiro atoms. The number of esters is 1. The molecule has 0 bridgehead atoms. The number of anilines is 1. The Morgan fingerprint density at radius 3 is 2.30 bits per heavy atom. The largest absolute Gasteiger partial charge is 0.455 e. The molecule has 0 fully saturated rings. The van der Waals surface area contributed by atoms with Crippen LogP contribution in [-0.4, -0.2) is 42.9 Å². The normalized spacial score (nSPS) is 10.2. The molecule has 142 valence electrons. The van der Waals surface area contributed by atoms with Gasteiger partial charge >= 0.3 is 5.97 Å². The maximum atomic E-state index is 12.0. The Morgan fingerprint density at radius 2 is 1.63 bits per heavy atom. The lowest BCUT2D eigenvalue weighted by Gasteiger charge is -2.17. The Morgan fingerprint density at radius 1 is 1.00 bits per heavy atom. The van der Waals surface area contributed by atoms with Crippen LogP contribution in [-0.2, 0) is 25.5 Å². The van der Waals surface area contributed by atoms with Crippen molar-refractivity contribution >= 4 is 46.7 Å². The predicted molar refractivity (Wildman–Crippen MR) is 104 cm³/mol. The first-order valence-electron chi connectivity index (χ1n) is 8.04. The van der Waals surface area contributed by atoms with Gasteiger partial charge in [-0.15, -0.1) is 0 Å². The van der Waals surface area contributed by atoms with E-state index in [2.05, 4.69) is 5.32 Å². The molecular weight excluding hydrogens is 391 g/mol. The van der Waals surface area contributed by atoms with Crippen molar-refractivity contribution in [3.8, 4) is 0 Å². The zero-order valence-corrected chi connectivity index (χ0v) is 16.1. The fourth-order valence-corrected chi connectivity index (χ4v) is 2.54. The maximum Gasteiger partial charge on any atom is 0.310 e. The molecule has 8 heteroatoms. The van der Waals surface area contributed by atoms with Crippen molar-refractivity contribution < 1.29 is 19.1 Å². The second kappa shape index (κ2) is 9.94. The summed E-state index contributed by atoms with van der Waals surface area (Å²) in [6.45, 7) is -0.661.